The maximum atomic E-state index is 12.7. The summed E-state index contributed by atoms with van der Waals surface area (Å²) < 4.78 is 11.3. The third kappa shape index (κ3) is 4.17. The van der Waals surface area contributed by atoms with Crippen LogP contribution in [-0.2, 0) is 9.53 Å². The van der Waals surface area contributed by atoms with Crippen LogP contribution in [-0.4, -0.2) is 37.7 Å². The fraction of sp³-hybridized carbons (Fsp3) is 0.364. The Morgan fingerprint density at radius 2 is 1.96 bits per heavy atom. The van der Waals surface area contributed by atoms with Crippen molar-refractivity contribution in [3.05, 3.63) is 54.1 Å². The Kier molecular flexibility index (Phi) is 5.58. The number of ether oxygens (including phenoxy) is 2. The number of rotatable bonds is 6. The van der Waals surface area contributed by atoms with E-state index in [-0.39, 0.29) is 17.9 Å². The minimum absolute atomic E-state index is 0.0921. The number of nitrogens with zero attached hydrogens (tertiary/aromatic N) is 1. The summed E-state index contributed by atoms with van der Waals surface area (Å²) in [6.07, 6.45) is 3.66. The van der Waals surface area contributed by atoms with E-state index in [1.165, 1.54) is 0 Å². The highest BCUT2D eigenvalue weighted by atomic mass is 16.5. The minimum Gasteiger partial charge on any atom is -0.491 e. The molecule has 2 heterocycles. The number of nitrogens with one attached hydrogen (secondary N) is 1. The monoisotopic (exact) mass is 380 g/mol. The van der Waals surface area contributed by atoms with Crippen LogP contribution in [0.3, 0.4) is 0 Å². The van der Waals surface area contributed by atoms with Gasteiger partial charge in [0.1, 0.15) is 12.4 Å². The predicted octanol–water partition coefficient (Wildman–Crippen LogP) is 3.62. The van der Waals surface area contributed by atoms with Crippen LogP contribution in [0, 0.1) is 0 Å². The van der Waals surface area contributed by atoms with Crippen LogP contribution in [0.1, 0.15) is 36.0 Å². The lowest BCUT2D eigenvalue weighted by molar-refractivity contribution is -0.117. The van der Waals surface area contributed by atoms with Crippen LogP contribution < -0.4 is 15.0 Å². The highest BCUT2D eigenvalue weighted by Gasteiger charge is 2.24. The molecule has 28 heavy (non-hydrogen) atoms. The molecule has 1 atom stereocenters. The Hall–Kier alpha value is -2.86. The van der Waals surface area contributed by atoms with Crippen LogP contribution in [0.25, 0.3) is 0 Å². The maximum absolute atomic E-state index is 12.7. The fourth-order valence-electron chi connectivity index (χ4n) is 3.58. The van der Waals surface area contributed by atoms with E-state index in [9.17, 15) is 9.59 Å². The van der Waals surface area contributed by atoms with Gasteiger partial charge in [0.05, 0.1) is 17.5 Å². The second-order valence-corrected chi connectivity index (χ2v) is 7.09. The first-order valence-corrected chi connectivity index (χ1v) is 9.76. The van der Waals surface area contributed by atoms with Crippen LogP contribution >= 0.6 is 0 Å². The first kappa shape index (κ1) is 18.5. The average Bonchev–Trinajstić information content (AvgIpc) is 3.39. The third-order valence-electron chi connectivity index (χ3n) is 5.09. The second kappa shape index (κ2) is 8.44. The normalized spacial score (nSPS) is 19.1. The molecule has 0 radical (unpaired) electrons. The largest absolute Gasteiger partial charge is 0.491 e. The summed E-state index contributed by atoms with van der Waals surface area (Å²) in [4.78, 5) is 26.5. The van der Waals surface area contributed by atoms with Gasteiger partial charge >= 0.3 is 0 Å². The number of carbonyl (C=O) groups excluding carboxylic acids is 2. The standard InChI is InChI=1S/C22H24N2O4/c25-21-8-3-13-24(21)20-7-2-1-6-19(20)23-22(26)16-9-11-17(12-10-16)28-15-18-5-4-14-27-18/h1-2,6-7,9-12,18H,3-5,8,13-15H2,(H,23,26)/t18-/m0/s1. The van der Waals surface area contributed by atoms with E-state index in [2.05, 4.69) is 5.32 Å². The van der Waals surface area contributed by atoms with Crippen molar-refractivity contribution in [1.82, 2.24) is 0 Å². The zero-order chi connectivity index (χ0) is 19.3. The van der Waals surface area contributed by atoms with Crippen molar-refractivity contribution in [2.75, 3.05) is 30.0 Å². The van der Waals surface area contributed by atoms with Crippen LogP contribution in [0.2, 0.25) is 0 Å². The SMILES string of the molecule is O=C(Nc1ccccc1N1CCCC1=O)c1ccc(OC[C@@H]2CCCO2)cc1. The summed E-state index contributed by atoms with van der Waals surface area (Å²) in [5.41, 5.74) is 1.92. The Balaban J connectivity index is 1.40. The zero-order valence-corrected chi connectivity index (χ0v) is 15.7. The van der Waals surface area contributed by atoms with Gasteiger partial charge in [0, 0.05) is 25.1 Å². The molecule has 0 unspecified atom stereocenters. The molecule has 0 aromatic heterocycles. The lowest BCUT2D eigenvalue weighted by Crippen LogP contribution is -2.25. The number of benzene rings is 2. The van der Waals surface area contributed by atoms with E-state index in [0.717, 1.165) is 37.3 Å². The van der Waals surface area contributed by atoms with Gasteiger partial charge in [0.25, 0.3) is 5.91 Å². The number of amides is 2. The molecule has 2 aromatic rings. The zero-order valence-electron chi connectivity index (χ0n) is 15.7. The highest BCUT2D eigenvalue weighted by Crippen LogP contribution is 2.29. The molecule has 0 spiro atoms. The number of hydrogen-bond donors (Lipinski definition) is 1. The van der Waals surface area contributed by atoms with E-state index < -0.39 is 0 Å². The number of hydrogen-bond acceptors (Lipinski definition) is 4. The van der Waals surface area contributed by atoms with Crippen molar-refractivity contribution >= 4 is 23.2 Å². The molecule has 2 aromatic carbocycles. The Labute approximate surface area is 164 Å². The first-order valence-electron chi connectivity index (χ1n) is 9.76. The summed E-state index contributed by atoms with van der Waals surface area (Å²) in [5.74, 6) is 0.592. The van der Waals surface area contributed by atoms with Gasteiger partial charge in [-0.25, -0.2) is 0 Å². The molecule has 6 heteroatoms. The fourth-order valence-corrected chi connectivity index (χ4v) is 3.58. The molecular weight excluding hydrogens is 356 g/mol. The van der Waals surface area contributed by atoms with Crippen molar-refractivity contribution in [3.8, 4) is 5.75 Å². The number of carbonyl (C=O) groups is 2. The molecule has 2 fully saturated rings. The van der Waals surface area contributed by atoms with Crippen molar-refractivity contribution in [2.45, 2.75) is 31.8 Å². The molecule has 0 bridgehead atoms. The minimum atomic E-state index is -0.218. The topological polar surface area (TPSA) is 67.9 Å². The van der Waals surface area contributed by atoms with Gasteiger partial charge in [-0.05, 0) is 55.7 Å². The Morgan fingerprint density at radius 3 is 2.68 bits per heavy atom. The van der Waals surface area contributed by atoms with Crippen molar-refractivity contribution < 1.29 is 19.1 Å². The van der Waals surface area contributed by atoms with Gasteiger partial charge in [-0.1, -0.05) is 12.1 Å². The predicted molar refractivity (Wildman–Crippen MR) is 107 cm³/mol. The van der Waals surface area contributed by atoms with Crippen molar-refractivity contribution in [2.24, 2.45) is 0 Å². The molecule has 2 aliphatic heterocycles. The van der Waals surface area contributed by atoms with Gasteiger partial charge in [-0.3, -0.25) is 9.59 Å². The molecule has 6 nitrogen and oxygen atoms in total. The molecule has 146 valence electrons. The molecule has 0 saturated carbocycles. The quantitative estimate of drug-likeness (QED) is 0.831. The Bertz CT molecular complexity index is 844. The van der Waals surface area contributed by atoms with E-state index in [1.54, 1.807) is 29.2 Å². The van der Waals surface area contributed by atoms with E-state index >= 15 is 0 Å². The smallest absolute Gasteiger partial charge is 0.255 e. The van der Waals surface area contributed by atoms with Crippen molar-refractivity contribution in [1.29, 1.82) is 0 Å². The molecule has 0 aliphatic carbocycles. The summed E-state index contributed by atoms with van der Waals surface area (Å²) >= 11 is 0. The van der Waals surface area contributed by atoms with Gasteiger partial charge in [0.2, 0.25) is 5.91 Å². The summed E-state index contributed by atoms with van der Waals surface area (Å²) in [7, 11) is 0. The maximum Gasteiger partial charge on any atom is 0.255 e. The lowest BCUT2D eigenvalue weighted by atomic mass is 10.2. The van der Waals surface area contributed by atoms with Crippen molar-refractivity contribution in [3.63, 3.8) is 0 Å². The molecule has 4 rings (SSSR count). The third-order valence-corrected chi connectivity index (χ3v) is 5.09. The molecule has 2 amide bonds. The molecular formula is C22H24N2O4. The number of para-hydroxylation sites is 2. The van der Waals surface area contributed by atoms with Crippen LogP contribution in [0.15, 0.2) is 48.5 Å². The summed E-state index contributed by atoms with van der Waals surface area (Å²) in [6, 6.07) is 14.5. The molecule has 1 N–H and O–H groups in total. The van der Waals surface area contributed by atoms with E-state index in [1.807, 2.05) is 24.3 Å². The lowest BCUT2D eigenvalue weighted by Gasteiger charge is -2.20. The average molecular weight is 380 g/mol. The van der Waals surface area contributed by atoms with Gasteiger partial charge < -0.3 is 19.7 Å². The first-order chi connectivity index (χ1) is 13.7. The van der Waals surface area contributed by atoms with Crippen LogP contribution in [0.5, 0.6) is 5.75 Å². The number of anilines is 2. The van der Waals surface area contributed by atoms with Gasteiger partial charge in [0.15, 0.2) is 0 Å². The second-order valence-electron chi connectivity index (χ2n) is 7.09. The highest BCUT2D eigenvalue weighted by molar-refractivity contribution is 6.08. The Morgan fingerprint density at radius 1 is 1.14 bits per heavy atom. The van der Waals surface area contributed by atoms with Crippen LogP contribution in [0.4, 0.5) is 11.4 Å². The van der Waals surface area contributed by atoms with E-state index in [0.29, 0.717) is 30.8 Å². The van der Waals surface area contributed by atoms with E-state index in [4.69, 9.17) is 9.47 Å². The van der Waals surface area contributed by atoms with Gasteiger partial charge in [-0.15, -0.1) is 0 Å². The molecule has 2 saturated heterocycles. The van der Waals surface area contributed by atoms with Gasteiger partial charge in [-0.2, -0.15) is 0 Å². The molecule has 2 aliphatic rings. The summed E-state index contributed by atoms with van der Waals surface area (Å²) in [5, 5.41) is 2.93. The summed E-state index contributed by atoms with van der Waals surface area (Å²) in [6.45, 7) is 2.02.